The van der Waals surface area contributed by atoms with Crippen LogP contribution in [0.3, 0.4) is 0 Å². The second-order valence-corrected chi connectivity index (χ2v) is 7.08. The molecular formula is C23H15F3N6O. The van der Waals surface area contributed by atoms with E-state index in [1.807, 2.05) is 19.1 Å². The number of aromatic nitrogens is 4. The highest BCUT2D eigenvalue weighted by Gasteiger charge is 2.32. The fraction of sp³-hybridized carbons (Fsp3) is 0.0870. The van der Waals surface area contributed by atoms with E-state index < -0.39 is 23.5 Å². The molecule has 0 unspecified atom stereocenters. The molecule has 33 heavy (non-hydrogen) atoms. The van der Waals surface area contributed by atoms with Crippen LogP contribution in [0.4, 0.5) is 24.8 Å². The molecule has 0 spiro atoms. The molecule has 1 amide bonds. The Bertz CT molecular complexity index is 1370. The molecule has 4 rings (SSSR count). The van der Waals surface area contributed by atoms with Crippen LogP contribution < -0.4 is 5.32 Å². The van der Waals surface area contributed by atoms with E-state index in [4.69, 9.17) is 6.57 Å². The molecule has 7 nitrogen and oxygen atoms in total. The van der Waals surface area contributed by atoms with Crippen LogP contribution in [0.2, 0.25) is 0 Å². The van der Waals surface area contributed by atoms with E-state index in [0.717, 1.165) is 16.7 Å². The summed E-state index contributed by atoms with van der Waals surface area (Å²) in [5, 5.41) is 6.70. The number of hydrogen-bond donors (Lipinski definition) is 1. The lowest BCUT2D eigenvalue weighted by Crippen LogP contribution is -2.15. The van der Waals surface area contributed by atoms with Crippen molar-refractivity contribution < 1.29 is 18.0 Å². The molecule has 0 bridgehead atoms. The number of aryl methyl sites for hydroxylation is 1. The van der Waals surface area contributed by atoms with Crippen molar-refractivity contribution in [1.29, 1.82) is 0 Å². The third kappa shape index (κ3) is 4.72. The number of nitrogens with zero attached hydrogens (tertiary/aromatic N) is 5. The van der Waals surface area contributed by atoms with Gasteiger partial charge in [0.25, 0.3) is 11.7 Å². The largest absolute Gasteiger partial charge is 0.415 e. The molecule has 164 valence electrons. The summed E-state index contributed by atoms with van der Waals surface area (Å²) in [6.45, 7) is 8.81. The Morgan fingerprint density at radius 2 is 1.94 bits per heavy atom. The average molecular weight is 448 g/mol. The number of anilines is 1. The van der Waals surface area contributed by atoms with E-state index >= 15 is 0 Å². The third-order valence-corrected chi connectivity index (χ3v) is 4.79. The quantitative estimate of drug-likeness (QED) is 0.421. The van der Waals surface area contributed by atoms with Crippen molar-refractivity contribution in [3.8, 4) is 16.8 Å². The Balaban J connectivity index is 1.63. The number of hydrogen-bond acceptors (Lipinski definition) is 4. The van der Waals surface area contributed by atoms with Gasteiger partial charge in [0, 0.05) is 41.3 Å². The monoisotopic (exact) mass is 448 g/mol. The molecule has 3 heterocycles. The summed E-state index contributed by atoms with van der Waals surface area (Å²) >= 11 is 0. The highest BCUT2D eigenvalue weighted by atomic mass is 19.4. The zero-order valence-electron chi connectivity index (χ0n) is 17.1. The zero-order chi connectivity index (χ0) is 23.6. The lowest BCUT2D eigenvalue weighted by atomic mass is 10.1. The summed E-state index contributed by atoms with van der Waals surface area (Å²) in [6, 6.07) is 9.85. The van der Waals surface area contributed by atoms with Crippen LogP contribution >= 0.6 is 0 Å². The molecule has 0 atom stereocenters. The first-order valence-corrected chi connectivity index (χ1v) is 9.59. The van der Waals surface area contributed by atoms with E-state index in [1.165, 1.54) is 0 Å². The second-order valence-electron chi connectivity index (χ2n) is 7.08. The summed E-state index contributed by atoms with van der Waals surface area (Å²) in [5.41, 5.74) is 2.29. The van der Waals surface area contributed by atoms with Crippen LogP contribution in [0, 0.1) is 13.5 Å². The minimum Gasteiger partial charge on any atom is -0.361 e. The Labute approximate surface area is 186 Å². The van der Waals surface area contributed by atoms with Gasteiger partial charge in [-0.25, -0.2) is 4.68 Å². The molecule has 0 fully saturated rings. The van der Waals surface area contributed by atoms with Crippen molar-refractivity contribution in [2.45, 2.75) is 13.1 Å². The number of halogens is 3. The molecule has 3 aromatic heterocycles. The summed E-state index contributed by atoms with van der Waals surface area (Å²) in [6.07, 6.45) is 2.15. The first-order valence-electron chi connectivity index (χ1n) is 9.59. The Morgan fingerprint density at radius 1 is 1.12 bits per heavy atom. The number of carbonyl (C=O) groups excluding carboxylic acids is 1. The van der Waals surface area contributed by atoms with Gasteiger partial charge in [-0.1, -0.05) is 18.7 Å². The van der Waals surface area contributed by atoms with Crippen LogP contribution in [0.25, 0.3) is 21.7 Å². The predicted octanol–water partition coefficient (Wildman–Crippen LogP) is 5.46. The maximum absolute atomic E-state index is 13.1. The third-order valence-electron chi connectivity index (χ3n) is 4.79. The topological polar surface area (TPSA) is 77.1 Å². The Hall–Kier alpha value is -4.52. The number of rotatable bonds is 4. The van der Waals surface area contributed by atoms with Crippen molar-refractivity contribution in [3.63, 3.8) is 0 Å². The first-order chi connectivity index (χ1) is 15.7. The van der Waals surface area contributed by atoms with Crippen LogP contribution in [0.5, 0.6) is 0 Å². The van der Waals surface area contributed by atoms with E-state index in [0.29, 0.717) is 17.8 Å². The van der Waals surface area contributed by atoms with Crippen LogP contribution in [0.1, 0.15) is 21.5 Å². The zero-order valence-corrected chi connectivity index (χ0v) is 17.1. The molecule has 10 heteroatoms. The van der Waals surface area contributed by atoms with Crippen LogP contribution in [-0.2, 0) is 6.18 Å². The highest BCUT2D eigenvalue weighted by molar-refractivity contribution is 6.04. The maximum atomic E-state index is 13.1. The number of pyridine rings is 2. The van der Waals surface area contributed by atoms with Gasteiger partial charge in [0.05, 0.1) is 17.4 Å². The molecule has 0 aliphatic heterocycles. The molecule has 0 saturated heterocycles. The number of carbonyl (C=O) groups is 1. The SMILES string of the molecule is [C-]#[N+]c1cc(C(F)(F)F)cc(NC(=O)c2ccc(C)c(-n3cc(-c4cccnc4)cn3)c2)n1. The van der Waals surface area contributed by atoms with Crippen molar-refractivity contribution >= 4 is 17.5 Å². The molecule has 0 aliphatic rings. The van der Waals surface area contributed by atoms with Gasteiger partial charge in [0.1, 0.15) is 0 Å². The molecular weight excluding hydrogens is 433 g/mol. The number of amides is 1. The lowest BCUT2D eigenvalue weighted by Gasteiger charge is -2.10. The summed E-state index contributed by atoms with van der Waals surface area (Å²) in [5.74, 6) is -1.50. The minimum atomic E-state index is -4.68. The fourth-order valence-corrected chi connectivity index (χ4v) is 3.12. The normalized spacial score (nSPS) is 11.1. The predicted molar refractivity (Wildman–Crippen MR) is 115 cm³/mol. The molecule has 0 aliphatic carbocycles. The van der Waals surface area contributed by atoms with Gasteiger partial charge in [-0.2, -0.15) is 18.3 Å². The van der Waals surface area contributed by atoms with Crippen LogP contribution in [-0.4, -0.2) is 25.7 Å². The van der Waals surface area contributed by atoms with Crippen LogP contribution in [0.15, 0.2) is 67.3 Å². The maximum Gasteiger partial charge on any atom is 0.415 e. The van der Waals surface area contributed by atoms with Gasteiger partial charge >= 0.3 is 6.18 Å². The van der Waals surface area contributed by atoms with E-state index in [1.54, 1.807) is 47.7 Å². The number of nitrogens with one attached hydrogen (secondary N) is 1. The van der Waals surface area contributed by atoms with Crippen molar-refractivity contribution in [1.82, 2.24) is 19.7 Å². The van der Waals surface area contributed by atoms with Crippen molar-refractivity contribution in [2.75, 3.05) is 5.32 Å². The standard InChI is InChI=1S/C23H15F3N6O/c1-14-5-6-15(8-19(14)32-13-17(12-29-32)16-4-3-7-28-11-16)22(33)31-21-10-18(23(24,25)26)9-20(27-2)30-21/h3-13H,1H3,(H,30,31,33). The molecule has 0 radical (unpaired) electrons. The molecule has 0 saturated carbocycles. The fourth-order valence-electron chi connectivity index (χ4n) is 3.12. The molecule has 4 aromatic rings. The van der Waals surface area contributed by atoms with Gasteiger partial charge in [-0.05, 0) is 36.8 Å². The summed E-state index contributed by atoms with van der Waals surface area (Å²) < 4.78 is 40.9. The van der Waals surface area contributed by atoms with E-state index in [9.17, 15) is 18.0 Å². The molecule has 1 N–H and O–H groups in total. The minimum absolute atomic E-state index is 0.192. The van der Waals surface area contributed by atoms with Crippen molar-refractivity contribution in [3.05, 3.63) is 95.4 Å². The van der Waals surface area contributed by atoms with Gasteiger partial charge in [-0.15, -0.1) is 4.98 Å². The first kappa shape index (κ1) is 21.7. The van der Waals surface area contributed by atoms with Gasteiger partial charge in [0.15, 0.2) is 0 Å². The lowest BCUT2D eigenvalue weighted by molar-refractivity contribution is -0.137. The second kappa shape index (κ2) is 8.55. The average Bonchev–Trinajstić information content (AvgIpc) is 3.29. The van der Waals surface area contributed by atoms with Gasteiger partial charge in [0.2, 0.25) is 5.82 Å². The summed E-state index contributed by atoms with van der Waals surface area (Å²) in [4.78, 5) is 23.5. The van der Waals surface area contributed by atoms with Crippen molar-refractivity contribution in [2.24, 2.45) is 0 Å². The van der Waals surface area contributed by atoms with Gasteiger partial charge in [-0.3, -0.25) is 15.1 Å². The Morgan fingerprint density at radius 3 is 2.64 bits per heavy atom. The summed E-state index contributed by atoms with van der Waals surface area (Å²) in [7, 11) is 0. The Kier molecular flexibility index (Phi) is 5.62. The molecule has 1 aromatic carbocycles. The highest BCUT2D eigenvalue weighted by Crippen LogP contribution is 2.33. The van der Waals surface area contributed by atoms with E-state index in [2.05, 4.69) is 25.2 Å². The number of alkyl halides is 3. The van der Waals surface area contributed by atoms with Gasteiger partial charge < -0.3 is 4.85 Å². The smallest absolute Gasteiger partial charge is 0.361 e. The van der Waals surface area contributed by atoms with E-state index in [-0.39, 0.29) is 11.4 Å². The number of benzene rings is 1.